The number of rotatable bonds is 4. The maximum absolute atomic E-state index is 4.33. The van der Waals surface area contributed by atoms with E-state index in [0.717, 1.165) is 22.9 Å². The Kier molecular flexibility index (Phi) is 3.22. The number of aryl methyl sites for hydroxylation is 2. The Morgan fingerprint density at radius 3 is 2.71 bits per heavy atom. The topological polar surface area (TPSA) is 67.7 Å². The van der Waals surface area contributed by atoms with E-state index in [2.05, 4.69) is 25.7 Å². The lowest BCUT2D eigenvalue weighted by molar-refractivity contribution is 0.756. The van der Waals surface area contributed by atoms with Crippen LogP contribution in [0.25, 0.3) is 0 Å². The maximum atomic E-state index is 4.33. The SMILES string of the molecule is CNc1cncc(NCc2cn(C)nc2C)n1. The van der Waals surface area contributed by atoms with Crippen molar-refractivity contribution in [3.63, 3.8) is 0 Å². The van der Waals surface area contributed by atoms with Gasteiger partial charge in [0.2, 0.25) is 0 Å². The average Bonchev–Trinajstić information content (AvgIpc) is 2.65. The van der Waals surface area contributed by atoms with Crippen molar-refractivity contribution in [3.05, 3.63) is 29.8 Å². The Morgan fingerprint density at radius 2 is 2.06 bits per heavy atom. The second-order valence-electron chi connectivity index (χ2n) is 3.81. The molecule has 0 aliphatic rings. The quantitative estimate of drug-likeness (QED) is 0.828. The number of nitrogens with one attached hydrogen (secondary N) is 2. The summed E-state index contributed by atoms with van der Waals surface area (Å²) in [6.07, 6.45) is 5.38. The van der Waals surface area contributed by atoms with Crippen LogP contribution in [-0.4, -0.2) is 26.8 Å². The summed E-state index contributed by atoms with van der Waals surface area (Å²) in [4.78, 5) is 8.42. The first-order chi connectivity index (χ1) is 8.19. The molecule has 6 heteroatoms. The fraction of sp³-hybridized carbons (Fsp3) is 0.364. The highest BCUT2D eigenvalue weighted by Crippen LogP contribution is 2.10. The summed E-state index contributed by atoms with van der Waals surface area (Å²) in [5, 5.41) is 10.5. The minimum atomic E-state index is 0.696. The summed E-state index contributed by atoms with van der Waals surface area (Å²) in [5.74, 6) is 1.50. The van der Waals surface area contributed by atoms with Crippen LogP contribution in [-0.2, 0) is 13.6 Å². The molecule has 0 aliphatic heterocycles. The highest BCUT2D eigenvalue weighted by molar-refractivity contribution is 5.41. The van der Waals surface area contributed by atoms with Gasteiger partial charge in [-0.05, 0) is 6.92 Å². The molecular weight excluding hydrogens is 216 g/mol. The van der Waals surface area contributed by atoms with E-state index in [1.807, 2.05) is 31.9 Å². The molecule has 90 valence electrons. The van der Waals surface area contributed by atoms with Gasteiger partial charge in [0.1, 0.15) is 11.6 Å². The van der Waals surface area contributed by atoms with Crippen molar-refractivity contribution >= 4 is 11.6 Å². The van der Waals surface area contributed by atoms with Crippen molar-refractivity contribution in [2.24, 2.45) is 7.05 Å². The lowest BCUT2D eigenvalue weighted by atomic mass is 10.2. The van der Waals surface area contributed by atoms with E-state index in [9.17, 15) is 0 Å². The summed E-state index contributed by atoms with van der Waals surface area (Å²) < 4.78 is 1.81. The van der Waals surface area contributed by atoms with Crippen LogP contribution in [0, 0.1) is 6.92 Å². The Morgan fingerprint density at radius 1 is 1.29 bits per heavy atom. The molecule has 0 bridgehead atoms. The first kappa shape index (κ1) is 11.4. The van der Waals surface area contributed by atoms with E-state index in [1.165, 1.54) is 0 Å². The molecule has 2 aromatic heterocycles. The zero-order chi connectivity index (χ0) is 12.3. The molecule has 0 atom stereocenters. The van der Waals surface area contributed by atoms with Crippen LogP contribution >= 0.6 is 0 Å². The fourth-order valence-electron chi connectivity index (χ4n) is 1.58. The number of anilines is 2. The summed E-state index contributed by atoms with van der Waals surface area (Å²) in [5.41, 5.74) is 2.18. The molecule has 0 aliphatic carbocycles. The third kappa shape index (κ3) is 2.72. The Labute approximate surface area is 100 Å². The van der Waals surface area contributed by atoms with Gasteiger partial charge in [-0.15, -0.1) is 0 Å². The van der Waals surface area contributed by atoms with Crippen LogP contribution in [0.5, 0.6) is 0 Å². The molecule has 0 radical (unpaired) electrons. The first-order valence-electron chi connectivity index (χ1n) is 5.42. The zero-order valence-electron chi connectivity index (χ0n) is 10.2. The molecule has 2 aromatic rings. The van der Waals surface area contributed by atoms with Crippen molar-refractivity contribution < 1.29 is 0 Å². The monoisotopic (exact) mass is 232 g/mol. The summed E-state index contributed by atoms with van der Waals surface area (Å²) >= 11 is 0. The van der Waals surface area contributed by atoms with E-state index in [-0.39, 0.29) is 0 Å². The van der Waals surface area contributed by atoms with Crippen molar-refractivity contribution in [1.82, 2.24) is 19.7 Å². The van der Waals surface area contributed by atoms with Crippen LogP contribution in [0.1, 0.15) is 11.3 Å². The molecule has 0 saturated heterocycles. The standard InChI is InChI=1S/C11H16N6/c1-8-9(7-17(3)16-8)4-14-11-6-13-5-10(12-2)15-11/h5-7H,4H2,1-3H3,(H2,12,14,15). The Balaban J connectivity index is 2.04. The molecule has 0 saturated carbocycles. The highest BCUT2D eigenvalue weighted by atomic mass is 15.3. The van der Waals surface area contributed by atoms with Crippen LogP contribution in [0.2, 0.25) is 0 Å². The second kappa shape index (κ2) is 4.82. The van der Waals surface area contributed by atoms with Gasteiger partial charge in [0.15, 0.2) is 0 Å². The van der Waals surface area contributed by atoms with Crippen LogP contribution < -0.4 is 10.6 Å². The van der Waals surface area contributed by atoms with E-state index >= 15 is 0 Å². The smallest absolute Gasteiger partial charge is 0.147 e. The third-order valence-electron chi connectivity index (χ3n) is 2.47. The average molecular weight is 232 g/mol. The van der Waals surface area contributed by atoms with Crippen LogP contribution in [0.15, 0.2) is 18.6 Å². The molecule has 2 rings (SSSR count). The third-order valence-corrected chi connectivity index (χ3v) is 2.47. The Hall–Kier alpha value is -2.11. The van der Waals surface area contributed by atoms with E-state index in [4.69, 9.17) is 0 Å². The van der Waals surface area contributed by atoms with Crippen molar-refractivity contribution in [3.8, 4) is 0 Å². The fourth-order valence-corrected chi connectivity index (χ4v) is 1.58. The van der Waals surface area contributed by atoms with Gasteiger partial charge < -0.3 is 10.6 Å². The molecule has 0 fully saturated rings. The molecule has 17 heavy (non-hydrogen) atoms. The van der Waals surface area contributed by atoms with Crippen LogP contribution in [0.4, 0.5) is 11.6 Å². The molecule has 0 amide bonds. The van der Waals surface area contributed by atoms with Gasteiger partial charge in [0, 0.05) is 32.4 Å². The van der Waals surface area contributed by atoms with Gasteiger partial charge in [0.25, 0.3) is 0 Å². The number of nitrogens with zero attached hydrogens (tertiary/aromatic N) is 4. The van der Waals surface area contributed by atoms with Gasteiger partial charge in [-0.1, -0.05) is 0 Å². The lowest BCUT2D eigenvalue weighted by Gasteiger charge is -2.05. The van der Waals surface area contributed by atoms with Gasteiger partial charge in [-0.2, -0.15) is 5.10 Å². The number of aromatic nitrogens is 4. The molecule has 0 unspecified atom stereocenters. The molecule has 2 heterocycles. The van der Waals surface area contributed by atoms with E-state index in [1.54, 1.807) is 12.4 Å². The molecule has 0 spiro atoms. The summed E-state index contributed by atoms with van der Waals surface area (Å²) in [6.45, 7) is 2.69. The minimum absolute atomic E-state index is 0.696. The van der Waals surface area contributed by atoms with Crippen molar-refractivity contribution in [1.29, 1.82) is 0 Å². The van der Waals surface area contributed by atoms with Crippen LogP contribution in [0.3, 0.4) is 0 Å². The second-order valence-corrected chi connectivity index (χ2v) is 3.81. The van der Waals surface area contributed by atoms with E-state index < -0.39 is 0 Å². The van der Waals surface area contributed by atoms with Gasteiger partial charge in [0.05, 0.1) is 18.1 Å². The molecule has 0 aromatic carbocycles. The van der Waals surface area contributed by atoms with E-state index in [0.29, 0.717) is 6.54 Å². The summed E-state index contributed by atoms with van der Waals surface area (Å²) in [6, 6.07) is 0. The predicted octanol–water partition coefficient (Wildman–Crippen LogP) is 1.17. The molecule has 6 nitrogen and oxygen atoms in total. The maximum Gasteiger partial charge on any atom is 0.147 e. The van der Waals surface area contributed by atoms with Gasteiger partial charge in [-0.3, -0.25) is 9.67 Å². The molecule has 2 N–H and O–H groups in total. The Bertz CT molecular complexity index is 504. The predicted molar refractivity (Wildman–Crippen MR) is 66.9 cm³/mol. The van der Waals surface area contributed by atoms with Gasteiger partial charge in [-0.25, -0.2) is 4.98 Å². The minimum Gasteiger partial charge on any atom is -0.372 e. The summed E-state index contributed by atoms with van der Waals surface area (Å²) in [7, 11) is 3.73. The number of hydrogen-bond donors (Lipinski definition) is 2. The lowest BCUT2D eigenvalue weighted by Crippen LogP contribution is -2.04. The highest BCUT2D eigenvalue weighted by Gasteiger charge is 2.03. The first-order valence-corrected chi connectivity index (χ1v) is 5.42. The van der Waals surface area contributed by atoms with Gasteiger partial charge >= 0.3 is 0 Å². The van der Waals surface area contributed by atoms with Crippen molar-refractivity contribution in [2.75, 3.05) is 17.7 Å². The number of hydrogen-bond acceptors (Lipinski definition) is 5. The van der Waals surface area contributed by atoms with Crippen molar-refractivity contribution in [2.45, 2.75) is 13.5 Å². The molecular formula is C11H16N6. The normalized spacial score (nSPS) is 10.3. The largest absolute Gasteiger partial charge is 0.372 e. The zero-order valence-corrected chi connectivity index (χ0v) is 10.2.